The van der Waals surface area contributed by atoms with Gasteiger partial charge in [-0.15, -0.1) is 5.10 Å². The number of amides is 1. The number of carbonyl (C=O) groups excluding carboxylic acids is 1. The number of nitrogen functional groups attached to an aromatic ring is 1. The van der Waals surface area contributed by atoms with Gasteiger partial charge in [-0.2, -0.15) is 0 Å². The van der Waals surface area contributed by atoms with Crippen LogP contribution in [0.2, 0.25) is 0 Å². The van der Waals surface area contributed by atoms with Crippen LogP contribution >= 0.6 is 0 Å². The predicted octanol–water partition coefficient (Wildman–Crippen LogP) is -0.587. The first-order valence-electron chi connectivity index (χ1n) is 6.15. The molecule has 0 aliphatic carbocycles. The molecule has 7 nitrogen and oxygen atoms in total. The second-order valence-corrected chi connectivity index (χ2v) is 4.90. The normalized spacial score (nSPS) is 20.4. The Morgan fingerprint density at radius 3 is 3.00 bits per heavy atom. The van der Waals surface area contributed by atoms with Crippen molar-refractivity contribution in [2.75, 3.05) is 32.9 Å². The smallest absolute Gasteiger partial charge is 0.244 e. The second kappa shape index (κ2) is 5.34. The number of carbonyl (C=O) groups is 1. The third-order valence-corrected chi connectivity index (χ3v) is 3.33. The highest BCUT2D eigenvalue weighted by Crippen LogP contribution is 2.14. The zero-order valence-electron chi connectivity index (χ0n) is 10.9. The molecule has 1 fully saturated rings. The van der Waals surface area contributed by atoms with Crippen LogP contribution in [0.5, 0.6) is 0 Å². The van der Waals surface area contributed by atoms with E-state index in [-0.39, 0.29) is 18.4 Å². The Hall–Kier alpha value is -1.63. The van der Waals surface area contributed by atoms with Gasteiger partial charge >= 0.3 is 0 Å². The molecule has 1 unspecified atom stereocenters. The van der Waals surface area contributed by atoms with Gasteiger partial charge in [0.2, 0.25) is 11.9 Å². The Bertz CT molecular complexity index is 415. The monoisotopic (exact) mass is 252 g/mol. The average molecular weight is 252 g/mol. The first-order chi connectivity index (χ1) is 8.56. The lowest BCUT2D eigenvalue weighted by Gasteiger charge is -2.36. The van der Waals surface area contributed by atoms with Crippen LogP contribution in [0.4, 0.5) is 5.95 Å². The summed E-state index contributed by atoms with van der Waals surface area (Å²) in [5, 5.41) is 3.93. The van der Waals surface area contributed by atoms with Gasteiger partial charge in [-0.3, -0.25) is 4.79 Å². The van der Waals surface area contributed by atoms with Crippen LogP contribution in [-0.2, 0) is 11.3 Å². The Labute approximate surface area is 107 Å². The van der Waals surface area contributed by atoms with E-state index in [1.165, 1.54) is 11.0 Å². The molecule has 0 aromatic carbocycles. The van der Waals surface area contributed by atoms with Crippen molar-refractivity contribution in [3.63, 3.8) is 0 Å². The third kappa shape index (κ3) is 2.98. The molecule has 1 aliphatic heterocycles. The van der Waals surface area contributed by atoms with Gasteiger partial charge in [0.25, 0.3) is 0 Å². The summed E-state index contributed by atoms with van der Waals surface area (Å²) in [7, 11) is 4.10. The number of likely N-dealkylation sites (N-methyl/N-ethyl adjacent to an activating group) is 1. The van der Waals surface area contributed by atoms with E-state index in [1.807, 2.05) is 4.90 Å². The lowest BCUT2D eigenvalue weighted by molar-refractivity contribution is -0.134. The highest BCUT2D eigenvalue weighted by molar-refractivity contribution is 5.76. The maximum atomic E-state index is 12.1. The van der Waals surface area contributed by atoms with Gasteiger partial charge in [0.1, 0.15) is 12.9 Å². The van der Waals surface area contributed by atoms with Crippen molar-refractivity contribution in [3.05, 3.63) is 6.33 Å². The van der Waals surface area contributed by atoms with E-state index in [0.717, 1.165) is 25.9 Å². The van der Waals surface area contributed by atoms with Crippen molar-refractivity contribution < 1.29 is 4.79 Å². The van der Waals surface area contributed by atoms with E-state index < -0.39 is 0 Å². The van der Waals surface area contributed by atoms with E-state index in [0.29, 0.717) is 6.04 Å². The van der Waals surface area contributed by atoms with E-state index in [2.05, 4.69) is 29.1 Å². The quantitative estimate of drug-likeness (QED) is 0.778. The number of piperidine rings is 1. The molecule has 0 bridgehead atoms. The third-order valence-electron chi connectivity index (χ3n) is 3.33. The first-order valence-corrected chi connectivity index (χ1v) is 6.15. The number of anilines is 1. The molecular weight excluding hydrogens is 232 g/mol. The fourth-order valence-electron chi connectivity index (χ4n) is 2.23. The summed E-state index contributed by atoms with van der Waals surface area (Å²) >= 11 is 0. The minimum absolute atomic E-state index is 0.0754. The molecule has 1 saturated heterocycles. The van der Waals surface area contributed by atoms with Crippen LogP contribution in [0.15, 0.2) is 6.33 Å². The summed E-state index contributed by atoms with van der Waals surface area (Å²) in [6, 6.07) is 0.448. The molecule has 1 atom stereocenters. The number of nitrogens with zero attached hydrogens (tertiary/aromatic N) is 5. The molecule has 1 aromatic heterocycles. The number of hydrogen-bond donors (Lipinski definition) is 1. The van der Waals surface area contributed by atoms with Gasteiger partial charge in [-0.25, -0.2) is 9.67 Å². The summed E-state index contributed by atoms with van der Waals surface area (Å²) < 4.78 is 1.48. The Morgan fingerprint density at radius 1 is 1.61 bits per heavy atom. The van der Waals surface area contributed by atoms with Gasteiger partial charge in [0.15, 0.2) is 0 Å². The Kier molecular flexibility index (Phi) is 3.81. The minimum atomic E-state index is 0.0754. The molecule has 0 spiro atoms. The van der Waals surface area contributed by atoms with Crippen molar-refractivity contribution in [2.24, 2.45) is 0 Å². The van der Waals surface area contributed by atoms with E-state index in [1.54, 1.807) is 0 Å². The van der Waals surface area contributed by atoms with E-state index in [4.69, 9.17) is 5.73 Å². The SMILES string of the molecule is CN(C)C1CCCN(C(=O)Cn2cnc(N)n2)C1. The number of nitrogens with two attached hydrogens (primary N) is 1. The molecule has 1 aliphatic rings. The summed E-state index contributed by atoms with van der Waals surface area (Å²) in [6.07, 6.45) is 3.68. The van der Waals surface area contributed by atoms with Crippen molar-refractivity contribution >= 4 is 11.9 Å². The molecule has 2 heterocycles. The average Bonchev–Trinajstić information content (AvgIpc) is 2.75. The van der Waals surface area contributed by atoms with Gasteiger partial charge in [0.05, 0.1) is 0 Å². The first kappa shape index (κ1) is 12.8. The van der Waals surface area contributed by atoms with Gasteiger partial charge in [0, 0.05) is 19.1 Å². The van der Waals surface area contributed by atoms with E-state index >= 15 is 0 Å². The molecule has 18 heavy (non-hydrogen) atoms. The van der Waals surface area contributed by atoms with Crippen molar-refractivity contribution in [1.82, 2.24) is 24.6 Å². The minimum Gasteiger partial charge on any atom is -0.367 e. The number of hydrogen-bond acceptors (Lipinski definition) is 5. The van der Waals surface area contributed by atoms with Crippen LogP contribution in [0.25, 0.3) is 0 Å². The fourth-order valence-corrected chi connectivity index (χ4v) is 2.23. The summed E-state index contributed by atoms with van der Waals surface area (Å²) in [4.78, 5) is 20.0. The lowest BCUT2D eigenvalue weighted by atomic mass is 10.0. The van der Waals surface area contributed by atoms with E-state index in [9.17, 15) is 4.79 Å². The number of aromatic nitrogens is 3. The second-order valence-electron chi connectivity index (χ2n) is 4.90. The standard InChI is InChI=1S/C11H20N6O/c1-15(2)9-4-3-5-16(6-9)10(18)7-17-8-13-11(12)14-17/h8-9H,3-7H2,1-2H3,(H2,12,14). The Balaban J connectivity index is 1.92. The molecular formula is C11H20N6O. The highest BCUT2D eigenvalue weighted by Gasteiger charge is 2.24. The lowest BCUT2D eigenvalue weighted by Crippen LogP contribution is -2.48. The van der Waals surface area contributed by atoms with Crippen LogP contribution in [0.3, 0.4) is 0 Å². The van der Waals surface area contributed by atoms with Crippen molar-refractivity contribution in [1.29, 1.82) is 0 Å². The maximum absolute atomic E-state index is 12.1. The van der Waals surface area contributed by atoms with Crippen molar-refractivity contribution in [2.45, 2.75) is 25.4 Å². The van der Waals surface area contributed by atoms with Crippen LogP contribution in [0.1, 0.15) is 12.8 Å². The highest BCUT2D eigenvalue weighted by atomic mass is 16.2. The molecule has 1 amide bonds. The molecule has 0 saturated carbocycles. The van der Waals surface area contributed by atoms with Crippen LogP contribution in [-0.4, -0.2) is 63.7 Å². The largest absolute Gasteiger partial charge is 0.367 e. The Morgan fingerprint density at radius 2 is 2.39 bits per heavy atom. The number of likely N-dealkylation sites (tertiary alicyclic amines) is 1. The van der Waals surface area contributed by atoms with Gasteiger partial charge < -0.3 is 15.5 Å². The van der Waals surface area contributed by atoms with Crippen LogP contribution in [0, 0.1) is 0 Å². The molecule has 2 N–H and O–H groups in total. The molecule has 100 valence electrons. The molecule has 1 aromatic rings. The zero-order chi connectivity index (χ0) is 13.1. The predicted molar refractivity (Wildman–Crippen MR) is 67.7 cm³/mol. The van der Waals surface area contributed by atoms with Gasteiger partial charge in [-0.05, 0) is 26.9 Å². The van der Waals surface area contributed by atoms with Crippen molar-refractivity contribution in [3.8, 4) is 0 Å². The number of rotatable bonds is 3. The summed E-state index contributed by atoms with van der Waals surface area (Å²) in [6.45, 7) is 1.83. The molecule has 2 rings (SSSR count). The summed E-state index contributed by atoms with van der Waals surface area (Å²) in [5.41, 5.74) is 5.42. The maximum Gasteiger partial charge on any atom is 0.244 e. The summed E-state index contributed by atoms with van der Waals surface area (Å²) in [5.74, 6) is 0.277. The fraction of sp³-hybridized carbons (Fsp3) is 0.727. The molecule has 0 radical (unpaired) electrons. The molecule has 7 heteroatoms. The van der Waals surface area contributed by atoms with Gasteiger partial charge in [-0.1, -0.05) is 0 Å². The zero-order valence-corrected chi connectivity index (χ0v) is 10.9. The van der Waals surface area contributed by atoms with Crippen LogP contribution < -0.4 is 5.73 Å². The topological polar surface area (TPSA) is 80.3 Å².